The maximum absolute atomic E-state index is 4.59. The number of benzene rings is 1. The number of nitrogens with one attached hydrogen (secondary N) is 1. The Hall–Kier alpha value is -2.69. The van der Waals surface area contributed by atoms with Crippen LogP contribution < -0.4 is 5.32 Å². The lowest BCUT2D eigenvalue weighted by Crippen LogP contribution is -2.31. The zero-order chi connectivity index (χ0) is 16.9. The van der Waals surface area contributed by atoms with Crippen LogP contribution in [0.3, 0.4) is 0 Å². The third-order valence-electron chi connectivity index (χ3n) is 4.31. The molecule has 5 nitrogen and oxygen atoms in total. The van der Waals surface area contributed by atoms with E-state index in [-0.39, 0.29) is 0 Å². The fourth-order valence-electron chi connectivity index (χ4n) is 2.64. The highest BCUT2D eigenvalue weighted by Crippen LogP contribution is 2.18. The average Bonchev–Trinajstić information content (AvgIpc) is 3.03. The van der Waals surface area contributed by atoms with E-state index in [2.05, 4.69) is 57.2 Å². The van der Waals surface area contributed by atoms with Gasteiger partial charge in [0.15, 0.2) is 5.82 Å². The molecule has 1 aliphatic rings. The summed E-state index contributed by atoms with van der Waals surface area (Å²) in [5.41, 5.74) is 4.79. The van der Waals surface area contributed by atoms with E-state index in [1.807, 2.05) is 25.4 Å². The summed E-state index contributed by atoms with van der Waals surface area (Å²) in [6.07, 6.45) is 3.60. The van der Waals surface area contributed by atoms with Gasteiger partial charge in [-0.2, -0.15) is 0 Å². The number of aromatic nitrogens is 1. The van der Waals surface area contributed by atoms with E-state index >= 15 is 0 Å². The van der Waals surface area contributed by atoms with Gasteiger partial charge < -0.3 is 10.2 Å². The molecule has 1 aromatic carbocycles. The van der Waals surface area contributed by atoms with Crippen LogP contribution in [0.5, 0.6) is 0 Å². The van der Waals surface area contributed by atoms with Gasteiger partial charge in [0, 0.05) is 18.4 Å². The van der Waals surface area contributed by atoms with Gasteiger partial charge in [0.1, 0.15) is 5.84 Å². The molecule has 1 aliphatic heterocycles. The number of hydrogen-bond donors (Lipinski definition) is 1. The van der Waals surface area contributed by atoms with Crippen molar-refractivity contribution in [3.05, 3.63) is 53.2 Å². The molecule has 0 spiro atoms. The zero-order valence-corrected chi connectivity index (χ0v) is 14.5. The van der Waals surface area contributed by atoms with Gasteiger partial charge in [0.2, 0.25) is 0 Å². The lowest BCUT2D eigenvalue weighted by Gasteiger charge is -2.17. The number of hydrogen-bond acceptors (Lipinski definition) is 4. The van der Waals surface area contributed by atoms with Crippen molar-refractivity contribution in [2.45, 2.75) is 20.8 Å². The minimum atomic E-state index is 0.692. The summed E-state index contributed by atoms with van der Waals surface area (Å²) in [6, 6.07) is 10.2. The third kappa shape index (κ3) is 3.62. The first-order valence-corrected chi connectivity index (χ1v) is 8.21. The quantitative estimate of drug-likeness (QED) is 0.677. The average molecular weight is 321 g/mol. The first-order chi connectivity index (χ1) is 11.6. The van der Waals surface area contributed by atoms with Crippen LogP contribution in [0.4, 0.5) is 11.5 Å². The van der Waals surface area contributed by atoms with Crippen molar-refractivity contribution in [2.24, 2.45) is 9.98 Å². The highest BCUT2D eigenvalue weighted by Gasteiger charge is 2.15. The van der Waals surface area contributed by atoms with Gasteiger partial charge in [0.25, 0.3) is 0 Å². The summed E-state index contributed by atoms with van der Waals surface area (Å²) in [5.74, 6) is 1.76. The molecule has 1 aromatic heterocycles. The SMILES string of the molecule is Cc1cccnc1N=CN1CCN=C1CNc1cccc(C)c1C. The van der Waals surface area contributed by atoms with Crippen molar-refractivity contribution >= 4 is 23.7 Å². The summed E-state index contributed by atoms with van der Waals surface area (Å²) >= 11 is 0. The Bertz CT molecular complexity index is 779. The molecule has 1 N–H and O–H groups in total. The fourth-order valence-corrected chi connectivity index (χ4v) is 2.64. The fraction of sp³-hybridized carbons (Fsp3) is 0.316. The topological polar surface area (TPSA) is 52.9 Å². The van der Waals surface area contributed by atoms with Crippen LogP contribution in [0.25, 0.3) is 0 Å². The Morgan fingerprint density at radius 1 is 1.17 bits per heavy atom. The largest absolute Gasteiger partial charge is 0.378 e. The zero-order valence-electron chi connectivity index (χ0n) is 14.5. The smallest absolute Gasteiger partial charge is 0.156 e. The number of aryl methyl sites for hydroxylation is 2. The van der Waals surface area contributed by atoms with E-state index in [9.17, 15) is 0 Å². The first kappa shape index (κ1) is 16.2. The van der Waals surface area contributed by atoms with Crippen molar-refractivity contribution in [1.82, 2.24) is 9.88 Å². The van der Waals surface area contributed by atoms with Gasteiger partial charge in [0.05, 0.1) is 19.4 Å². The molecule has 124 valence electrons. The second kappa shape index (κ2) is 7.25. The summed E-state index contributed by atoms with van der Waals surface area (Å²) < 4.78 is 0. The van der Waals surface area contributed by atoms with E-state index in [4.69, 9.17) is 0 Å². The second-order valence-corrected chi connectivity index (χ2v) is 5.98. The third-order valence-corrected chi connectivity index (χ3v) is 4.31. The molecule has 24 heavy (non-hydrogen) atoms. The monoisotopic (exact) mass is 321 g/mol. The van der Waals surface area contributed by atoms with Crippen LogP contribution in [-0.4, -0.2) is 41.7 Å². The van der Waals surface area contributed by atoms with E-state index in [0.717, 1.165) is 36.0 Å². The van der Waals surface area contributed by atoms with E-state index in [1.54, 1.807) is 6.20 Å². The minimum absolute atomic E-state index is 0.692. The number of amidine groups is 1. The molecule has 3 rings (SSSR count). The Kier molecular flexibility index (Phi) is 4.89. The first-order valence-electron chi connectivity index (χ1n) is 8.21. The van der Waals surface area contributed by atoms with Crippen molar-refractivity contribution in [3.63, 3.8) is 0 Å². The number of anilines is 1. The summed E-state index contributed by atoms with van der Waals surface area (Å²) in [4.78, 5) is 15.5. The minimum Gasteiger partial charge on any atom is -0.378 e. The van der Waals surface area contributed by atoms with Crippen LogP contribution in [0, 0.1) is 20.8 Å². The number of rotatable bonds is 5. The molecule has 0 saturated carbocycles. The molecule has 2 heterocycles. The van der Waals surface area contributed by atoms with Gasteiger partial charge in [-0.3, -0.25) is 4.99 Å². The van der Waals surface area contributed by atoms with Gasteiger partial charge in [-0.1, -0.05) is 18.2 Å². The Balaban J connectivity index is 1.66. The van der Waals surface area contributed by atoms with Crippen LogP contribution in [0.15, 0.2) is 46.5 Å². The standard InChI is InChI=1S/C19H23N5/c1-14-6-4-8-17(16(14)3)22-12-18-20-10-11-24(18)13-23-19-15(2)7-5-9-21-19/h4-9,13,22H,10-12H2,1-3H3. The van der Waals surface area contributed by atoms with E-state index < -0.39 is 0 Å². The van der Waals surface area contributed by atoms with E-state index in [0.29, 0.717) is 6.54 Å². The maximum atomic E-state index is 4.59. The van der Waals surface area contributed by atoms with Crippen molar-refractivity contribution in [1.29, 1.82) is 0 Å². The molecule has 0 atom stereocenters. The molecule has 0 aliphatic carbocycles. The molecular formula is C19H23N5. The van der Waals surface area contributed by atoms with Crippen molar-refractivity contribution in [3.8, 4) is 0 Å². The number of aliphatic imine (C=N–C) groups is 2. The van der Waals surface area contributed by atoms with Crippen LogP contribution in [0.2, 0.25) is 0 Å². The van der Waals surface area contributed by atoms with Gasteiger partial charge in [-0.25, -0.2) is 9.98 Å². The van der Waals surface area contributed by atoms with Gasteiger partial charge >= 0.3 is 0 Å². The molecule has 5 heteroatoms. The van der Waals surface area contributed by atoms with Crippen LogP contribution in [0.1, 0.15) is 16.7 Å². The van der Waals surface area contributed by atoms with E-state index in [1.165, 1.54) is 11.1 Å². The maximum Gasteiger partial charge on any atom is 0.156 e. The Labute approximate surface area is 143 Å². The Morgan fingerprint density at radius 2 is 2.00 bits per heavy atom. The highest BCUT2D eigenvalue weighted by molar-refractivity contribution is 5.96. The predicted octanol–water partition coefficient (Wildman–Crippen LogP) is 3.49. The molecule has 0 unspecified atom stereocenters. The molecule has 0 amide bonds. The van der Waals surface area contributed by atoms with Gasteiger partial charge in [-0.05, 0) is 49.6 Å². The summed E-state index contributed by atoms with van der Waals surface area (Å²) in [7, 11) is 0. The number of pyridine rings is 1. The van der Waals surface area contributed by atoms with Crippen molar-refractivity contribution < 1.29 is 0 Å². The lowest BCUT2D eigenvalue weighted by molar-refractivity contribution is 0.677. The molecular weight excluding hydrogens is 298 g/mol. The highest BCUT2D eigenvalue weighted by atomic mass is 15.3. The van der Waals surface area contributed by atoms with Gasteiger partial charge in [-0.15, -0.1) is 0 Å². The van der Waals surface area contributed by atoms with Crippen molar-refractivity contribution in [2.75, 3.05) is 25.0 Å². The molecule has 2 aromatic rings. The lowest BCUT2D eigenvalue weighted by atomic mass is 10.1. The van der Waals surface area contributed by atoms with Crippen LogP contribution >= 0.6 is 0 Å². The summed E-state index contributed by atoms with van der Waals surface area (Å²) in [6.45, 7) is 8.63. The molecule has 0 fully saturated rings. The normalized spacial score (nSPS) is 14.3. The Morgan fingerprint density at radius 3 is 2.83 bits per heavy atom. The second-order valence-electron chi connectivity index (χ2n) is 5.98. The number of nitrogens with zero attached hydrogens (tertiary/aromatic N) is 4. The molecule has 0 saturated heterocycles. The molecule has 0 bridgehead atoms. The summed E-state index contributed by atoms with van der Waals surface area (Å²) in [5, 5.41) is 3.49. The van der Waals surface area contributed by atoms with Crippen LogP contribution in [-0.2, 0) is 0 Å². The molecule has 0 radical (unpaired) electrons. The predicted molar refractivity (Wildman–Crippen MR) is 101 cm³/mol.